The molecule has 5 aromatic carbocycles. The van der Waals surface area contributed by atoms with Gasteiger partial charge in [0.15, 0.2) is 0 Å². The monoisotopic (exact) mass is 485 g/mol. The van der Waals surface area contributed by atoms with E-state index in [0.717, 1.165) is 6.42 Å². The SMILES string of the molecule is CC12Cc3ccccc3C=C1c1c(ccc3ccccc13)-c1c(-c3ccccc3)cc(-c3ccccc3)n12. The third-order valence-electron chi connectivity index (χ3n) is 8.57. The number of nitrogens with zero attached hydrogens (tertiary/aromatic N) is 1. The van der Waals surface area contributed by atoms with Gasteiger partial charge in [-0.1, -0.05) is 121 Å². The largest absolute Gasteiger partial charge is 0.329 e. The second kappa shape index (κ2) is 7.94. The molecule has 1 atom stereocenters. The van der Waals surface area contributed by atoms with Crippen LogP contribution in [0.1, 0.15) is 23.6 Å². The predicted molar refractivity (Wildman–Crippen MR) is 160 cm³/mol. The molecule has 2 heterocycles. The number of fused-ring (bicyclic) bond motifs is 9. The second-order valence-corrected chi connectivity index (χ2v) is 10.8. The average Bonchev–Trinajstić information content (AvgIpc) is 3.39. The molecule has 38 heavy (non-hydrogen) atoms. The number of benzene rings is 5. The molecule has 1 aliphatic carbocycles. The predicted octanol–water partition coefficient (Wildman–Crippen LogP) is 9.47. The van der Waals surface area contributed by atoms with E-state index in [1.807, 2.05) is 0 Å². The van der Waals surface area contributed by atoms with Gasteiger partial charge >= 0.3 is 0 Å². The molecule has 0 radical (unpaired) electrons. The molecule has 0 fully saturated rings. The highest BCUT2D eigenvalue weighted by Gasteiger charge is 2.44. The van der Waals surface area contributed by atoms with Crippen molar-refractivity contribution >= 4 is 22.4 Å². The summed E-state index contributed by atoms with van der Waals surface area (Å²) in [4.78, 5) is 0. The second-order valence-electron chi connectivity index (χ2n) is 10.8. The fourth-order valence-corrected chi connectivity index (χ4v) is 6.86. The van der Waals surface area contributed by atoms with Crippen molar-refractivity contribution in [3.8, 4) is 33.6 Å². The molecule has 180 valence electrons. The van der Waals surface area contributed by atoms with E-state index in [4.69, 9.17) is 0 Å². The summed E-state index contributed by atoms with van der Waals surface area (Å²) in [6.07, 6.45) is 3.41. The molecule has 0 bridgehead atoms. The van der Waals surface area contributed by atoms with Crippen molar-refractivity contribution < 1.29 is 0 Å². The lowest BCUT2D eigenvalue weighted by Crippen LogP contribution is -2.39. The zero-order valence-electron chi connectivity index (χ0n) is 21.4. The van der Waals surface area contributed by atoms with Crippen LogP contribution in [-0.4, -0.2) is 4.57 Å². The van der Waals surface area contributed by atoms with Crippen LogP contribution >= 0.6 is 0 Å². The van der Waals surface area contributed by atoms with Crippen LogP contribution in [-0.2, 0) is 12.0 Å². The first-order valence-electron chi connectivity index (χ1n) is 13.4. The van der Waals surface area contributed by atoms with Crippen LogP contribution in [0, 0.1) is 0 Å². The maximum absolute atomic E-state index is 2.66. The number of hydrogen-bond acceptors (Lipinski definition) is 0. The van der Waals surface area contributed by atoms with Gasteiger partial charge in [-0.25, -0.2) is 0 Å². The number of hydrogen-bond donors (Lipinski definition) is 0. The summed E-state index contributed by atoms with van der Waals surface area (Å²) in [5.74, 6) is 0. The summed E-state index contributed by atoms with van der Waals surface area (Å²) >= 11 is 0. The van der Waals surface area contributed by atoms with Crippen molar-refractivity contribution in [1.29, 1.82) is 0 Å². The molecule has 6 aromatic rings. The van der Waals surface area contributed by atoms with E-state index in [0.29, 0.717) is 0 Å². The molecule has 0 spiro atoms. The number of aromatic nitrogens is 1. The standard InChI is InChI=1S/C37H27N/c1-37-24-29-18-9-8-17-28(29)22-33(37)35-30-19-11-10-14-26(30)20-21-31(35)36-32(25-12-4-2-5-13-25)23-34(38(36)37)27-15-6-3-7-16-27/h2-23H,24H2,1H3. The topological polar surface area (TPSA) is 4.93 Å². The van der Waals surface area contributed by atoms with Crippen molar-refractivity contribution in [2.45, 2.75) is 18.9 Å². The highest BCUT2D eigenvalue weighted by Crippen LogP contribution is 2.57. The zero-order valence-corrected chi connectivity index (χ0v) is 21.4. The lowest BCUT2D eigenvalue weighted by atomic mass is 9.70. The summed E-state index contributed by atoms with van der Waals surface area (Å²) < 4.78 is 2.66. The van der Waals surface area contributed by atoms with Gasteiger partial charge in [-0.2, -0.15) is 0 Å². The molecule has 0 saturated heterocycles. The van der Waals surface area contributed by atoms with Crippen LogP contribution in [0.3, 0.4) is 0 Å². The van der Waals surface area contributed by atoms with Crippen molar-refractivity contribution in [2.24, 2.45) is 0 Å². The molecular formula is C37H27N. The van der Waals surface area contributed by atoms with Gasteiger partial charge in [0.1, 0.15) is 0 Å². The zero-order chi connectivity index (χ0) is 25.3. The molecule has 1 aromatic heterocycles. The van der Waals surface area contributed by atoms with Crippen molar-refractivity contribution in [2.75, 3.05) is 0 Å². The van der Waals surface area contributed by atoms with Crippen LogP contribution in [0.25, 0.3) is 56.1 Å². The van der Waals surface area contributed by atoms with Crippen molar-refractivity contribution in [1.82, 2.24) is 4.57 Å². The summed E-state index contributed by atoms with van der Waals surface area (Å²) in [7, 11) is 0. The van der Waals surface area contributed by atoms with Crippen LogP contribution in [0.2, 0.25) is 0 Å². The van der Waals surface area contributed by atoms with Crippen LogP contribution in [0.15, 0.2) is 127 Å². The molecule has 0 saturated carbocycles. The lowest BCUT2D eigenvalue weighted by molar-refractivity contribution is 0.427. The highest BCUT2D eigenvalue weighted by molar-refractivity contribution is 6.09. The van der Waals surface area contributed by atoms with Gasteiger partial charge in [0, 0.05) is 23.2 Å². The number of allylic oxidation sites excluding steroid dienone is 1. The Morgan fingerprint density at radius 2 is 1.32 bits per heavy atom. The van der Waals surface area contributed by atoms with E-state index >= 15 is 0 Å². The lowest BCUT2D eigenvalue weighted by Gasteiger charge is -2.45. The minimum Gasteiger partial charge on any atom is -0.329 e. The van der Waals surface area contributed by atoms with Crippen molar-refractivity contribution in [3.05, 3.63) is 144 Å². The number of rotatable bonds is 2. The van der Waals surface area contributed by atoms with Gasteiger partial charge in [-0.3, -0.25) is 0 Å². The molecule has 8 rings (SSSR count). The first-order chi connectivity index (χ1) is 18.7. The Labute approximate surface area is 223 Å². The molecule has 0 amide bonds. The van der Waals surface area contributed by atoms with E-state index in [9.17, 15) is 0 Å². The summed E-state index contributed by atoms with van der Waals surface area (Å²) in [6, 6.07) is 46.6. The van der Waals surface area contributed by atoms with E-state index in [1.165, 1.54) is 66.7 Å². The van der Waals surface area contributed by atoms with Gasteiger partial charge in [-0.15, -0.1) is 0 Å². The molecule has 1 unspecified atom stereocenters. The summed E-state index contributed by atoms with van der Waals surface area (Å²) in [5, 5.41) is 2.62. The Morgan fingerprint density at radius 3 is 2.13 bits per heavy atom. The smallest absolute Gasteiger partial charge is 0.0721 e. The molecule has 1 aliphatic heterocycles. The third kappa shape index (κ3) is 2.93. The first kappa shape index (κ1) is 21.5. The average molecular weight is 486 g/mol. The highest BCUT2D eigenvalue weighted by atomic mass is 15.1. The Hall–Kier alpha value is -4.62. The summed E-state index contributed by atoms with van der Waals surface area (Å²) in [5.41, 5.74) is 13.0. The van der Waals surface area contributed by atoms with Crippen LogP contribution in [0.4, 0.5) is 0 Å². The minimum atomic E-state index is -0.237. The maximum atomic E-state index is 2.66. The Balaban J connectivity index is 1.57. The van der Waals surface area contributed by atoms with Gasteiger partial charge in [0.05, 0.1) is 11.2 Å². The van der Waals surface area contributed by atoms with Crippen molar-refractivity contribution in [3.63, 3.8) is 0 Å². The Kier molecular flexibility index (Phi) is 4.48. The molecule has 2 aliphatic rings. The van der Waals surface area contributed by atoms with E-state index in [1.54, 1.807) is 0 Å². The van der Waals surface area contributed by atoms with E-state index in [2.05, 4.69) is 145 Å². The quantitative estimate of drug-likeness (QED) is 0.230. The maximum Gasteiger partial charge on any atom is 0.0721 e. The minimum absolute atomic E-state index is 0.237. The molecular weight excluding hydrogens is 458 g/mol. The first-order valence-corrected chi connectivity index (χ1v) is 13.4. The van der Waals surface area contributed by atoms with Gasteiger partial charge in [0.2, 0.25) is 0 Å². The Bertz CT molecular complexity index is 1890. The van der Waals surface area contributed by atoms with Gasteiger partial charge < -0.3 is 4.57 Å². The van der Waals surface area contributed by atoms with Crippen LogP contribution < -0.4 is 0 Å². The normalized spacial score (nSPS) is 17.2. The molecule has 1 nitrogen and oxygen atoms in total. The van der Waals surface area contributed by atoms with E-state index < -0.39 is 0 Å². The third-order valence-corrected chi connectivity index (χ3v) is 8.57. The fourth-order valence-electron chi connectivity index (χ4n) is 6.86. The van der Waals surface area contributed by atoms with Gasteiger partial charge in [-0.05, 0) is 63.2 Å². The van der Waals surface area contributed by atoms with Crippen LogP contribution in [0.5, 0.6) is 0 Å². The molecule has 1 heteroatoms. The fraction of sp³-hybridized carbons (Fsp3) is 0.0811. The Morgan fingerprint density at radius 1 is 0.632 bits per heavy atom. The molecule has 0 N–H and O–H groups in total. The van der Waals surface area contributed by atoms with E-state index in [-0.39, 0.29) is 5.54 Å². The summed E-state index contributed by atoms with van der Waals surface area (Å²) in [6.45, 7) is 2.45. The van der Waals surface area contributed by atoms with Gasteiger partial charge in [0.25, 0.3) is 0 Å².